The first-order valence-electron chi connectivity index (χ1n) is 4.13. The van der Waals surface area contributed by atoms with Crippen LogP contribution in [0.3, 0.4) is 0 Å². The van der Waals surface area contributed by atoms with E-state index in [0.29, 0.717) is 0 Å². The van der Waals surface area contributed by atoms with Crippen molar-refractivity contribution in [3.8, 4) is 0 Å². The second-order valence-corrected chi connectivity index (χ2v) is 3.90. The average Bonchev–Trinajstić information content (AvgIpc) is 2.17. The van der Waals surface area contributed by atoms with Crippen LogP contribution in [0.2, 0.25) is 0 Å². The third-order valence-electron chi connectivity index (χ3n) is 1.69. The Morgan fingerprint density at radius 1 is 1.57 bits per heavy atom. The maximum Gasteiger partial charge on any atom is 0.414 e. The van der Waals surface area contributed by atoms with Gasteiger partial charge in [-0.3, -0.25) is 4.90 Å². The zero-order chi connectivity index (χ0) is 10.6. The molecule has 1 rings (SSSR count). The van der Waals surface area contributed by atoms with Crippen LogP contribution in [0.1, 0.15) is 6.92 Å². The van der Waals surface area contributed by atoms with Crippen molar-refractivity contribution in [3.05, 3.63) is 34.4 Å². The van der Waals surface area contributed by atoms with Gasteiger partial charge < -0.3 is 4.74 Å². The molecule has 0 aliphatic carbocycles. The smallest absolute Gasteiger partial charge is 0.414 e. The molecule has 0 aromatic heterocycles. The fourth-order valence-corrected chi connectivity index (χ4v) is 1.50. The summed E-state index contributed by atoms with van der Waals surface area (Å²) in [5.74, 6) is 0. The molecule has 3 nitrogen and oxygen atoms in total. The molecule has 0 atom stereocenters. The number of halogens is 1. The minimum absolute atomic E-state index is 0.380. The van der Waals surface area contributed by atoms with E-state index in [1.165, 1.54) is 11.5 Å². The number of hydrogen-bond acceptors (Lipinski definition) is 2. The molecular formula is C10H11INO2. The number of rotatable bonds is 2. The van der Waals surface area contributed by atoms with Crippen LogP contribution in [0, 0.1) is 10.2 Å². The van der Waals surface area contributed by atoms with Crippen LogP contribution in [0.25, 0.3) is 0 Å². The van der Waals surface area contributed by atoms with Crippen LogP contribution in [-0.2, 0) is 4.74 Å². The van der Waals surface area contributed by atoms with E-state index in [2.05, 4.69) is 22.6 Å². The first-order valence-corrected chi connectivity index (χ1v) is 5.20. The van der Waals surface area contributed by atoms with Crippen LogP contribution in [-0.4, -0.2) is 13.1 Å². The van der Waals surface area contributed by atoms with Crippen molar-refractivity contribution in [2.24, 2.45) is 0 Å². The first-order chi connectivity index (χ1) is 6.65. The maximum atomic E-state index is 11.3. The minimum Gasteiger partial charge on any atom is -0.442 e. The van der Waals surface area contributed by atoms with Gasteiger partial charge in [0.2, 0.25) is 0 Å². The van der Waals surface area contributed by atoms with Crippen molar-refractivity contribution in [1.82, 2.24) is 0 Å². The number of benzene rings is 1. The monoisotopic (exact) mass is 304 g/mol. The summed E-state index contributed by atoms with van der Waals surface area (Å²) in [6, 6.07) is 7.64. The van der Waals surface area contributed by atoms with Gasteiger partial charge >= 0.3 is 6.09 Å². The fourth-order valence-electron chi connectivity index (χ4n) is 0.970. The number of nitrogens with zero attached hydrogens (tertiary/aromatic N) is 1. The molecule has 0 spiro atoms. The Labute approximate surface area is 97.2 Å². The molecule has 0 unspecified atom stereocenters. The molecule has 0 N–H and O–H groups in total. The standard InChI is InChI=1S/C10H11INO2/c1-3-14-10(13)12(2)9-6-4-5-8(11)7-9/h3-7H,1-2H3. The Morgan fingerprint density at radius 2 is 2.29 bits per heavy atom. The molecule has 0 aliphatic rings. The molecule has 14 heavy (non-hydrogen) atoms. The predicted molar refractivity (Wildman–Crippen MR) is 64.0 cm³/mol. The molecular weight excluding hydrogens is 293 g/mol. The van der Waals surface area contributed by atoms with Gasteiger partial charge in [-0.25, -0.2) is 4.79 Å². The molecule has 1 aromatic carbocycles. The summed E-state index contributed by atoms with van der Waals surface area (Å²) in [6.45, 7) is 3.03. The Hall–Kier alpha value is -0.780. The second-order valence-electron chi connectivity index (χ2n) is 2.66. The lowest BCUT2D eigenvalue weighted by Gasteiger charge is -2.16. The number of ether oxygens (including phenoxy) is 1. The second kappa shape index (κ2) is 5.19. The van der Waals surface area contributed by atoms with Crippen molar-refractivity contribution in [2.75, 3.05) is 11.9 Å². The molecule has 1 radical (unpaired) electrons. The lowest BCUT2D eigenvalue weighted by Crippen LogP contribution is -2.26. The highest BCUT2D eigenvalue weighted by Gasteiger charge is 2.11. The average molecular weight is 304 g/mol. The van der Waals surface area contributed by atoms with E-state index in [1.54, 1.807) is 14.0 Å². The highest BCUT2D eigenvalue weighted by molar-refractivity contribution is 14.1. The molecule has 1 aromatic rings. The van der Waals surface area contributed by atoms with Gasteiger partial charge in [-0.2, -0.15) is 0 Å². The summed E-state index contributed by atoms with van der Waals surface area (Å²) < 4.78 is 5.84. The zero-order valence-corrected chi connectivity index (χ0v) is 10.2. The predicted octanol–water partition coefficient (Wildman–Crippen LogP) is 3.05. The van der Waals surface area contributed by atoms with E-state index in [4.69, 9.17) is 4.74 Å². The summed E-state index contributed by atoms with van der Waals surface area (Å²) in [4.78, 5) is 12.8. The van der Waals surface area contributed by atoms with E-state index in [9.17, 15) is 4.79 Å². The Kier molecular flexibility index (Phi) is 4.19. The lowest BCUT2D eigenvalue weighted by molar-refractivity contribution is 0.182. The number of anilines is 1. The van der Waals surface area contributed by atoms with Gasteiger partial charge in [0.15, 0.2) is 0 Å². The Morgan fingerprint density at radius 3 is 2.86 bits per heavy atom. The first kappa shape index (κ1) is 11.3. The SMILES string of the molecule is C[CH]OC(=O)N(C)c1cccc(I)c1. The van der Waals surface area contributed by atoms with Crippen molar-refractivity contribution < 1.29 is 9.53 Å². The maximum absolute atomic E-state index is 11.3. The van der Waals surface area contributed by atoms with Crippen LogP contribution >= 0.6 is 22.6 Å². The molecule has 0 saturated heterocycles. The van der Waals surface area contributed by atoms with Gasteiger partial charge in [-0.1, -0.05) is 6.07 Å². The van der Waals surface area contributed by atoms with Gasteiger partial charge in [-0.05, 0) is 47.7 Å². The van der Waals surface area contributed by atoms with Gasteiger partial charge in [0.1, 0.15) is 6.61 Å². The lowest BCUT2D eigenvalue weighted by atomic mass is 10.3. The molecule has 0 aliphatic heterocycles. The molecule has 0 fully saturated rings. The summed E-state index contributed by atoms with van der Waals surface area (Å²) in [5.41, 5.74) is 0.823. The molecule has 4 heteroatoms. The molecule has 0 bridgehead atoms. The summed E-state index contributed by atoms with van der Waals surface area (Å²) >= 11 is 2.20. The summed E-state index contributed by atoms with van der Waals surface area (Å²) in [6.07, 6.45) is -0.380. The van der Waals surface area contributed by atoms with Gasteiger partial charge in [-0.15, -0.1) is 0 Å². The largest absolute Gasteiger partial charge is 0.442 e. The van der Waals surface area contributed by atoms with Gasteiger partial charge in [0, 0.05) is 16.3 Å². The van der Waals surface area contributed by atoms with Crippen LogP contribution in [0.5, 0.6) is 0 Å². The highest BCUT2D eigenvalue weighted by Crippen LogP contribution is 2.16. The highest BCUT2D eigenvalue weighted by atomic mass is 127. The molecule has 75 valence electrons. The number of amides is 1. The van der Waals surface area contributed by atoms with Crippen molar-refractivity contribution >= 4 is 34.4 Å². The summed E-state index contributed by atoms with van der Waals surface area (Å²) in [5, 5.41) is 0. The molecule has 1 amide bonds. The van der Waals surface area contributed by atoms with E-state index >= 15 is 0 Å². The minimum atomic E-state index is -0.380. The number of carbonyl (C=O) groups is 1. The van der Waals surface area contributed by atoms with E-state index in [0.717, 1.165) is 9.26 Å². The topological polar surface area (TPSA) is 29.5 Å². The van der Waals surface area contributed by atoms with Crippen LogP contribution in [0.15, 0.2) is 24.3 Å². The van der Waals surface area contributed by atoms with Gasteiger partial charge in [0.25, 0.3) is 0 Å². The number of carbonyl (C=O) groups excluding carboxylic acids is 1. The fraction of sp³-hybridized carbons (Fsp3) is 0.200. The normalized spacial score (nSPS) is 9.64. The van der Waals surface area contributed by atoms with Gasteiger partial charge in [0.05, 0.1) is 0 Å². The van der Waals surface area contributed by atoms with E-state index < -0.39 is 0 Å². The summed E-state index contributed by atoms with van der Waals surface area (Å²) in [7, 11) is 1.68. The van der Waals surface area contributed by atoms with Crippen molar-refractivity contribution in [2.45, 2.75) is 6.92 Å². The van der Waals surface area contributed by atoms with Crippen molar-refractivity contribution in [1.29, 1.82) is 0 Å². The Bertz CT molecular complexity index is 328. The Balaban J connectivity index is 2.78. The molecule has 0 saturated carbocycles. The zero-order valence-electron chi connectivity index (χ0n) is 8.03. The van der Waals surface area contributed by atoms with Crippen molar-refractivity contribution in [3.63, 3.8) is 0 Å². The third-order valence-corrected chi connectivity index (χ3v) is 2.36. The van der Waals surface area contributed by atoms with Crippen LogP contribution < -0.4 is 4.90 Å². The van der Waals surface area contributed by atoms with E-state index in [-0.39, 0.29) is 6.09 Å². The van der Waals surface area contributed by atoms with Crippen LogP contribution in [0.4, 0.5) is 10.5 Å². The quantitative estimate of drug-likeness (QED) is 0.786. The number of hydrogen-bond donors (Lipinski definition) is 0. The third kappa shape index (κ3) is 2.87. The molecule has 0 heterocycles. The van der Waals surface area contributed by atoms with E-state index in [1.807, 2.05) is 24.3 Å².